The maximum atomic E-state index is 13.1. The summed E-state index contributed by atoms with van der Waals surface area (Å²) in [5.41, 5.74) is -4.42. The van der Waals surface area contributed by atoms with Crippen LogP contribution in [0.3, 0.4) is 0 Å². The zero-order chi connectivity index (χ0) is 28.6. The second-order valence-electron chi connectivity index (χ2n) is 8.43. The maximum absolute atomic E-state index is 13.1. The van der Waals surface area contributed by atoms with Crippen LogP contribution in [0.1, 0.15) is 31.4 Å². The van der Waals surface area contributed by atoms with E-state index in [1.165, 1.54) is 6.92 Å². The van der Waals surface area contributed by atoms with E-state index in [0.29, 0.717) is 12.5 Å². The summed E-state index contributed by atoms with van der Waals surface area (Å²) in [7, 11) is 0. The van der Waals surface area contributed by atoms with Crippen LogP contribution in [0.5, 0.6) is 5.75 Å². The summed E-state index contributed by atoms with van der Waals surface area (Å²) >= 11 is 0. The van der Waals surface area contributed by atoms with Crippen molar-refractivity contribution in [2.45, 2.75) is 44.6 Å². The van der Waals surface area contributed by atoms with Crippen molar-refractivity contribution in [3.05, 3.63) is 77.4 Å². The summed E-state index contributed by atoms with van der Waals surface area (Å²) in [6.45, 7) is 2.22. The molecular formula is C26H27F6N3O3. The van der Waals surface area contributed by atoms with Gasteiger partial charge >= 0.3 is 12.4 Å². The molecule has 3 N–H and O–H groups in total. The smallest absolute Gasteiger partial charge is 0.418 e. The standard InChI is InChI=1S/C26H27F6N3O3/c1-3-20(26(30,31)32)21(33)22(36)34-16-14-24(2,23(37)35-15-13-17-7-5-4-6-8-17)38-19-11-9-18(10-12-19)25(27,28)29/h3-12,33H,13-16H2,1-2H3,(H,34,36)(H,35,37)/b20-3+,33-21?. The fourth-order valence-electron chi connectivity index (χ4n) is 3.41. The van der Waals surface area contributed by atoms with Crippen LogP contribution in [0.25, 0.3) is 0 Å². The van der Waals surface area contributed by atoms with E-state index in [2.05, 4.69) is 10.6 Å². The highest BCUT2D eigenvalue weighted by molar-refractivity contribution is 6.44. The lowest BCUT2D eigenvalue weighted by atomic mass is 10.00. The largest absolute Gasteiger partial charge is 0.478 e. The minimum absolute atomic E-state index is 0.0638. The monoisotopic (exact) mass is 543 g/mol. The van der Waals surface area contributed by atoms with Gasteiger partial charge in [-0.25, -0.2) is 0 Å². The van der Waals surface area contributed by atoms with E-state index in [0.717, 1.165) is 36.8 Å². The minimum atomic E-state index is -4.90. The Morgan fingerprint density at radius 2 is 1.53 bits per heavy atom. The van der Waals surface area contributed by atoms with E-state index < -0.39 is 46.6 Å². The van der Waals surface area contributed by atoms with Gasteiger partial charge in [-0.15, -0.1) is 0 Å². The molecule has 206 valence electrons. The van der Waals surface area contributed by atoms with Crippen molar-refractivity contribution in [2.24, 2.45) is 0 Å². The normalized spacial score (nSPS) is 13.8. The van der Waals surface area contributed by atoms with Crippen molar-refractivity contribution >= 4 is 17.5 Å². The molecule has 0 aliphatic rings. The molecule has 6 nitrogen and oxygen atoms in total. The molecule has 1 atom stereocenters. The topological polar surface area (TPSA) is 91.3 Å². The second-order valence-corrected chi connectivity index (χ2v) is 8.43. The first-order valence-electron chi connectivity index (χ1n) is 11.5. The number of alkyl halides is 6. The van der Waals surface area contributed by atoms with E-state index in [1.54, 1.807) is 0 Å². The lowest BCUT2D eigenvalue weighted by Gasteiger charge is -2.30. The Morgan fingerprint density at radius 1 is 0.921 bits per heavy atom. The fraction of sp³-hybridized carbons (Fsp3) is 0.346. The molecule has 0 spiro atoms. The lowest BCUT2D eigenvalue weighted by Crippen LogP contribution is -2.51. The quantitative estimate of drug-likeness (QED) is 0.268. The molecule has 0 aromatic heterocycles. The van der Waals surface area contributed by atoms with Gasteiger partial charge < -0.3 is 15.4 Å². The average Bonchev–Trinajstić information content (AvgIpc) is 2.83. The predicted octanol–water partition coefficient (Wildman–Crippen LogP) is 5.24. The highest BCUT2D eigenvalue weighted by atomic mass is 19.4. The van der Waals surface area contributed by atoms with E-state index in [9.17, 15) is 35.9 Å². The molecule has 2 aromatic rings. The highest BCUT2D eigenvalue weighted by Crippen LogP contribution is 2.31. The van der Waals surface area contributed by atoms with E-state index in [1.807, 2.05) is 30.3 Å². The zero-order valence-corrected chi connectivity index (χ0v) is 20.6. The van der Waals surface area contributed by atoms with E-state index in [4.69, 9.17) is 10.1 Å². The number of hydrogen-bond donors (Lipinski definition) is 3. The molecule has 0 saturated heterocycles. The number of halogens is 6. The van der Waals surface area contributed by atoms with Crippen molar-refractivity contribution in [3.8, 4) is 5.75 Å². The van der Waals surface area contributed by atoms with Gasteiger partial charge in [0.1, 0.15) is 11.5 Å². The third-order valence-electron chi connectivity index (χ3n) is 5.53. The predicted molar refractivity (Wildman–Crippen MR) is 129 cm³/mol. The molecule has 2 aromatic carbocycles. The summed E-state index contributed by atoms with van der Waals surface area (Å²) in [5, 5.41) is 12.4. The summed E-state index contributed by atoms with van der Waals surface area (Å²) in [4.78, 5) is 25.2. The minimum Gasteiger partial charge on any atom is -0.478 e. The Kier molecular flexibility index (Phi) is 10.1. The molecule has 0 aliphatic carbocycles. The summed E-state index contributed by atoms with van der Waals surface area (Å²) in [5.74, 6) is -2.02. The molecule has 0 saturated carbocycles. The van der Waals surface area contributed by atoms with Crippen LogP contribution in [0.15, 0.2) is 66.2 Å². The van der Waals surface area contributed by atoms with Crippen LogP contribution in [-0.4, -0.2) is 42.4 Å². The Balaban J connectivity index is 2.13. The number of rotatable bonds is 11. The fourth-order valence-corrected chi connectivity index (χ4v) is 3.41. The number of benzene rings is 2. The van der Waals surface area contributed by atoms with Gasteiger partial charge in [0, 0.05) is 19.5 Å². The molecule has 0 fully saturated rings. The van der Waals surface area contributed by atoms with Crippen LogP contribution < -0.4 is 15.4 Å². The Hall–Kier alpha value is -3.83. The van der Waals surface area contributed by atoms with Gasteiger partial charge in [0.25, 0.3) is 11.8 Å². The molecule has 0 radical (unpaired) electrons. The van der Waals surface area contributed by atoms with Crippen LogP contribution in [-0.2, 0) is 22.2 Å². The van der Waals surface area contributed by atoms with Crippen molar-refractivity contribution in [3.63, 3.8) is 0 Å². The number of allylic oxidation sites excluding steroid dienone is 1. The van der Waals surface area contributed by atoms with Crippen molar-refractivity contribution in [1.82, 2.24) is 10.6 Å². The molecule has 12 heteroatoms. The van der Waals surface area contributed by atoms with Gasteiger partial charge in [-0.3, -0.25) is 15.0 Å². The van der Waals surface area contributed by atoms with Gasteiger partial charge in [0.05, 0.1) is 11.1 Å². The number of hydrogen-bond acceptors (Lipinski definition) is 4. The van der Waals surface area contributed by atoms with Crippen molar-refractivity contribution < 1.29 is 40.7 Å². The number of carbonyl (C=O) groups excluding carboxylic acids is 2. The number of amides is 2. The van der Waals surface area contributed by atoms with Crippen LogP contribution in [0.2, 0.25) is 0 Å². The average molecular weight is 544 g/mol. The summed E-state index contributed by atoms with van der Waals surface area (Å²) in [6.07, 6.45) is -8.67. The molecule has 1 unspecified atom stereocenters. The van der Waals surface area contributed by atoms with Gasteiger partial charge in [0.2, 0.25) is 0 Å². The Bertz CT molecular complexity index is 1150. The third-order valence-corrected chi connectivity index (χ3v) is 5.53. The Labute approximate surface area is 215 Å². The molecule has 2 rings (SSSR count). The van der Waals surface area contributed by atoms with Gasteiger partial charge in [0.15, 0.2) is 5.60 Å². The number of nitrogens with one attached hydrogen (secondary N) is 3. The third kappa shape index (κ3) is 8.63. The summed E-state index contributed by atoms with van der Waals surface area (Å²) < 4.78 is 83.4. The van der Waals surface area contributed by atoms with Crippen LogP contribution >= 0.6 is 0 Å². The Morgan fingerprint density at radius 3 is 2.05 bits per heavy atom. The van der Waals surface area contributed by atoms with Crippen molar-refractivity contribution in [1.29, 1.82) is 5.41 Å². The lowest BCUT2D eigenvalue weighted by molar-refractivity contribution is -0.138. The van der Waals surface area contributed by atoms with Gasteiger partial charge in [-0.1, -0.05) is 36.4 Å². The second kappa shape index (κ2) is 12.6. The number of carbonyl (C=O) groups is 2. The summed E-state index contributed by atoms with van der Waals surface area (Å²) in [6, 6.07) is 12.8. The molecule has 2 amide bonds. The first kappa shape index (κ1) is 30.4. The maximum Gasteiger partial charge on any atom is 0.418 e. The highest BCUT2D eigenvalue weighted by Gasteiger charge is 2.39. The van der Waals surface area contributed by atoms with E-state index >= 15 is 0 Å². The van der Waals surface area contributed by atoms with Crippen molar-refractivity contribution in [2.75, 3.05) is 13.1 Å². The zero-order valence-electron chi connectivity index (χ0n) is 20.6. The number of ether oxygens (including phenoxy) is 1. The first-order valence-corrected chi connectivity index (χ1v) is 11.5. The molecule has 0 bridgehead atoms. The molecule has 0 aliphatic heterocycles. The van der Waals surface area contributed by atoms with Crippen LogP contribution in [0, 0.1) is 5.41 Å². The SMILES string of the molecule is C/C=C(\C(=N)C(=O)NCCC(C)(Oc1ccc(C(F)(F)F)cc1)C(=O)NCCc1ccccc1)C(F)(F)F. The molecule has 0 heterocycles. The van der Waals surface area contributed by atoms with E-state index in [-0.39, 0.29) is 25.3 Å². The molecule has 38 heavy (non-hydrogen) atoms. The van der Waals surface area contributed by atoms with Crippen LogP contribution in [0.4, 0.5) is 26.3 Å². The van der Waals surface area contributed by atoms with Gasteiger partial charge in [-0.05, 0) is 50.1 Å². The van der Waals surface area contributed by atoms with Gasteiger partial charge in [-0.2, -0.15) is 26.3 Å². The molecular weight excluding hydrogens is 516 g/mol. The first-order chi connectivity index (χ1) is 17.7.